The van der Waals surface area contributed by atoms with Crippen molar-refractivity contribution in [2.75, 3.05) is 5.73 Å². The van der Waals surface area contributed by atoms with E-state index in [2.05, 4.69) is 26.3 Å². The number of nitrogens with one attached hydrogen (secondary N) is 1. The van der Waals surface area contributed by atoms with Gasteiger partial charge in [0.1, 0.15) is 11.6 Å². The number of nitrogens with zero attached hydrogens (tertiary/aromatic N) is 1. The molecule has 0 aliphatic rings. The number of rotatable bonds is 4. The Morgan fingerprint density at radius 3 is 2.79 bits per heavy atom. The molecule has 0 radical (unpaired) electrons. The molecule has 2 aromatic rings. The third kappa shape index (κ3) is 3.50. The highest BCUT2D eigenvalue weighted by molar-refractivity contribution is 9.10. The molecule has 0 aliphatic carbocycles. The number of aromatic nitrogens is 1. The Morgan fingerprint density at radius 2 is 2.11 bits per heavy atom. The highest BCUT2D eigenvalue weighted by Gasteiger charge is 2.15. The minimum Gasteiger partial charge on any atom is -0.384 e. The van der Waals surface area contributed by atoms with Crippen LogP contribution in [0.2, 0.25) is 0 Å². The number of hydrogen-bond donors (Lipinski definition) is 3. The van der Waals surface area contributed by atoms with Crippen molar-refractivity contribution >= 4 is 21.7 Å². The van der Waals surface area contributed by atoms with E-state index in [0.29, 0.717) is 12.2 Å². The summed E-state index contributed by atoms with van der Waals surface area (Å²) in [4.78, 5) is 3.93. The molecule has 1 aromatic carbocycles. The predicted octanol–water partition coefficient (Wildman–Crippen LogP) is 2.31. The lowest BCUT2D eigenvalue weighted by Gasteiger charge is -2.18. The molecule has 0 fully saturated rings. The van der Waals surface area contributed by atoms with Crippen LogP contribution in [0.25, 0.3) is 0 Å². The van der Waals surface area contributed by atoms with Gasteiger partial charge in [-0.05, 0) is 47.9 Å². The lowest BCUT2D eigenvalue weighted by molar-refractivity contribution is 0.542. The summed E-state index contributed by atoms with van der Waals surface area (Å²) in [6, 6.07) is 7.93. The molecule has 1 heterocycles. The van der Waals surface area contributed by atoms with Gasteiger partial charge in [-0.3, -0.25) is 11.3 Å². The van der Waals surface area contributed by atoms with Crippen LogP contribution in [0, 0.1) is 5.82 Å². The van der Waals surface area contributed by atoms with Crippen molar-refractivity contribution in [3.8, 4) is 0 Å². The van der Waals surface area contributed by atoms with Gasteiger partial charge in [0.05, 0.1) is 6.04 Å². The van der Waals surface area contributed by atoms with Crippen LogP contribution in [-0.2, 0) is 6.42 Å². The lowest BCUT2D eigenvalue weighted by Crippen LogP contribution is -2.30. The second-order valence-electron chi connectivity index (χ2n) is 4.18. The largest absolute Gasteiger partial charge is 0.384 e. The number of nitrogens with two attached hydrogens (primary N) is 2. The van der Waals surface area contributed by atoms with Crippen LogP contribution in [0.15, 0.2) is 41.0 Å². The molecule has 1 atom stereocenters. The second kappa shape index (κ2) is 6.10. The molecule has 100 valence electrons. The van der Waals surface area contributed by atoms with E-state index >= 15 is 0 Å². The van der Waals surface area contributed by atoms with E-state index in [0.717, 1.165) is 15.6 Å². The molecule has 1 unspecified atom stereocenters. The molecule has 4 nitrogen and oxygen atoms in total. The molecular weight excluding hydrogens is 311 g/mol. The Bertz CT molecular complexity index is 576. The van der Waals surface area contributed by atoms with Crippen LogP contribution in [0.5, 0.6) is 0 Å². The molecule has 19 heavy (non-hydrogen) atoms. The van der Waals surface area contributed by atoms with Crippen LogP contribution in [0.3, 0.4) is 0 Å². The molecule has 0 bridgehead atoms. The van der Waals surface area contributed by atoms with Gasteiger partial charge in [0.25, 0.3) is 0 Å². The van der Waals surface area contributed by atoms with Gasteiger partial charge < -0.3 is 5.73 Å². The highest BCUT2D eigenvalue weighted by atomic mass is 79.9. The second-order valence-corrected chi connectivity index (χ2v) is 5.03. The number of benzene rings is 1. The van der Waals surface area contributed by atoms with Crippen molar-refractivity contribution in [1.82, 2.24) is 10.4 Å². The molecule has 0 saturated heterocycles. The number of pyridine rings is 1. The van der Waals surface area contributed by atoms with E-state index in [-0.39, 0.29) is 11.9 Å². The normalized spacial score (nSPS) is 12.4. The molecular formula is C13H14BrFN4. The standard InChI is InChI=1S/C13H14BrFN4/c14-11-2-1-9(15)7-10(11)12(19-17)5-8-3-4-18-13(16)6-8/h1-4,6-7,12,19H,5,17H2,(H2,16,18). The summed E-state index contributed by atoms with van der Waals surface area (Å²) in [5.41, 5.74) is 10.1. The predicted molar refractivity (Wildman–Crippen MR) is 76.5 cm³/mol. The third-order valence-electron chi connectivity index (χ3n) is 2.82. The van der Waals surface area contributed by atoms with Gasteiger partial charge in [-0.15, -0.1) is 0 Å². The fourth-order valence-corrected chi connectivity index (χ4v) is 2.42. The number of halogens is 2. The van der Waals surface area contributed by atoms with E-state index in [1.54, 1.807) is 18.3 Å². The molecule has 5 N–H and O–H groups in total. The highest BCUT2D eigenvalue weighted by Crippen LogP contribution is 2.26. The fraction of sp³-hybridized carbons (Fsp3) is 0.154. The first kappa shape index (κ1) is 13.9. The van der Waals surface area contributed by atoms with E-state index in [9.17, 15) is 4.39 Å². The van der Waals surface area contributed by atoms with Crippen LogP contribution in [0.4, 0.5) is 10.2 Å². The zero-order valence-electron chi connectivity index (χ0n) is 10.1. The number of hydrazine groups is 1. The average Bonchev–Trinajstić information content (AvgIpc) is 2.39. The lowest BCUT2D eigenvalue weighted by atomic mass is 10.00. The SMILES string of the molecule is NNC(Cc1ccnc(N)c1)c1cc(F)ccc1Br. The smallest absolute Gasteiger partial charge is 0.123 e. The molecule has 6 heteroatoms. The van der Waals surface area contributed by atoms with Crippen LogP contribution in [-0.4, -0.2) is 4.98 Å². The summed E-state index contributed by atoms with van der Waals surface area (Å²) in [6.45, 7) is 0. The van der Waals surface area contributed by atoms with Crippen molar-refractivity contribution in [2.45, 2.75) is 12.5 Å². The van der Waals surface area contributed by atoms with E-state index < -0.39 is 0 Å². The van der Waals surface area contributed by atoms with Gasteiger partial charge in [0, 0.05) is 10.7 Å². The number of nitrogen functional groups attached to an aromatic ring is 1. The van der Waals surface area contributed by atoms with Crippen molar-refractivity contribution in [1.29, 1.82) is 0 Å². The minimum atomic E-state index is -0.298. The molecule has 0 aliphatic heterocycles. The maximum absolute atomic E-state index is 13.3. The zero-order valence-corrected chi connectivity index (χ0v) is 11.7. The van der Waals surface area contributed by atoms with E-state index in [4.69, 9.17) is 11.6 Å². The topological polar surface area (TPSA) is 77.0 Å². The Morgan fingerprint density at radius 1 is 1.32 bits per heavy atom. The van der Waals surface area contributed by atoms with Crippen LogP contribution in [0.1, 0.15) is 17.2 Å². The van der Waals surface area contributed by atoms with Crippen LogP contribution >= 0.6 is 15.9 Å². The Kier molecular flexibility index (Phi) is 4.47. The first-order valence-electron chi connectivity index (χ1n) is 5.71. The van der Waals surface area contributed by atoms with Gasteiger partial charge >= 0.3 is 0 Å². The van der Waals surface area contributed by atoms with Gasteiger partial charge in [0.15, 0.2) is 0 Å². The van der Waals surface area contributed by atoms with Crippen molar-refractivity contribution in [3.63, 3.8) is 0 Å². The molecule has 2 rings (SSSR count). The summed E-state index contributed by atoms with van der Waals surface area (Å²) >= 11 is 3.40. The summed E-state index contributed by atoms with van der Waals surface area (Å²) in [5.74, 6) is 5.72. The Balaban J connectivity index is 2.27. The van der Waals surface area contributed by atoms with Crippen molar-refractivity contribution < 1.29 is 4.39 Å². The molecule has 0 saturated carbocycles. The number of hydrogen-bond acceptors (Lipinski definition) is 4. The van der Waals surface area contributed by atoms with Gasteiger partial charge in [-0.25, -0.2) is 9.37 Å². The Hall–Kier alpha value is -1.50. The fourth-order valence-electron chi connectivity index (χ4n) is 1.90. The maximum Gasteiger partial charge on any atom is 0.123 e. The summed E-state index contributed by atoms with van der Waals surface area (Å²) in [6.07, 6.45) is 2.23. The summed E-state index contributed by atoms with van der Waals surface area (Å²) < 4.78 is 14.1. The van der Waals surface area contributed by atoms with Crippen LogP contribution < -0.4 is 17.0 Å². The van der Waals surface area contributed by atoms with Crippen molar-refractivity contribution in [3.05, 3.63) is 57.9 Å². The maximum atomic E-state index is 13.3. The first-order valence-corrected chi connectivity index (χ1v) is 6.51. The van der Waals surface area contributed by atoms with Gasteiger partial charge in [-0.1, -0.05) is 15.9 Å². The summed E-state index contributed by atoms with van der Waals surface area (Å²) in [7, 11) is 0. The molecule has 0 spiro atoms. The molecule has 1 aromatic heterocycles. The third-order valence-corrected chi connectivity index (χ3v) is 3.54. The molecule has 0 amide bonds. The zero-order chi connectivity index (χ0) is 13.8. The van der Waals surface area contributed by atoms with Gasteiger partial charge in [0.2, 0.25) is 0 Å². The number of anilines is 1. The average molecular weight is 325 g/mol. The van der Waals surface area contributed by atoms with E-state index in [1.807, 2.05) is 6.07 Å². The summed E-state index contributed by atoms with van der Waals surface area (Å²) in [5, 5.41) is 0. The quantitative estimate of drug-likeness (QED) is 0.595. The Labute approximate surface area is 119 Å². The van der Waals surface area contributed by atoms with Gasteiger partial charge in [-0.2, -0.15) is 0 Å². The minimum absolute atomic E-state index is 0.216. The van der Waals surface area contributed by atoms with E-state index in [1.165, 1.54) is 12.1 Å². The monoisotopic (exact) mass is 324 g/mol. The first-order chi connectivity index (χ1) is 9.10. The van der Waals surface area contributed by atoms with Crippen molar-refractivity contribution in [2.24, 2.45) is 5.84 Å².